The van der Waals surface area contributed by atoms with Crippen LogP contribution in [-0.2, 0) is 4.79 Å². The van der Waals surface area contributed by atoms with Crippen LogP contribution >= 0.6 is 12.4 Å². The van der Waals surface area contributed by atoms with Gasteiger partial charge in [0.25, 0.3) is 11.8 Å². The zero-order valence-electron chi connectivity index (χ0n) is 14.9. The Morgan fingerprint density at radius 1 is 1.07 bits per heavy atom. The molecule has 8 heteroatoms. The lowest BCUT2D eigenvalue weighted by atomic mass is 10.0. The molecule has 1 saturated heterocycles. The summed E-state index contributed by atoms with van der Waals surface area (Å²) in [6.07, 6.45) is 0. The molecule has 2 heterocycles. The van der Waals surface area contributed by atoms with Gasteiger partial charge in [-0.3, -0.25) is 19.3 Å². The number of nitrogens with one attached hydrogen (secondary N) is 1. The summed E-state index contributed by atoms with van der Waals surface area (Å²) in [5.74, 6) is -1.62. The first-order chi connectivity index (χ1) is 13.1. The number of rotatable bonds is 3. The third kappa shape index (κ3) is 3.50. The molecule has 2 aromatic rings. The Bertz CT molecular complexity index is 901. The van der Waals surface area contributed by atoms with E-state index in [1.54, 1.807) is 41.3 Å². The van der Waals surface area contributed by atoms with E-state index >= 15 is 0 Å². The molecule has 3 amide bonds. The summed E-state index contributed by atoms with van der Waals surface area (Å²) in [5, 5.41) is 3.20. The molecule has 1 unspecified atom stereocenters. The van der Waals surface area contributed by atoms with E-state index < -0.39 is 11.8 Å². The van der Waals surface area contributed by atoms with E-state index in [-0.39, 0.29) is 36.7 Å². The minimum absolute atomic E-state index is 0. The molecule has 4 rings (SSSR count). The second kappa shape index (κ2) is 8.08. The smallest absolute Gasteiger partial charge is 0.262 e. The Kier molecular flexibility index (Phi) is 5.76. The Morgan fingerprint density at radius 3 is 2.39 bits per heavy atom. The number of piperazine rings is 1. The van der Waals surface area contributed by atoms with Crippen LogP contribution in [-0.4, -0.2) is 53.7 Å². The molecule has 0 aliphatic carbocycles. The molecular weight excluding hydrogens is 385 g/mol. The van der Waals surface area contributed by atoms with Crippen molar-refractivity contribution in [2.45, 2.75) is 6.04 Å². The highest BCUT2D eigenvalue weighted by molar-refractivity contribution is 6.22. The van der Waals surface area contributed by atoms with Crippen LogP contribution in [0.2, 0.25) is 0 Å². The Hall–Kier alpha value is -2.77. The van der Waals surface area contributed by atoms with Crippen molar-refractivity contribution in [1.29, 1.82) is 0 Å². The highest BCUT2D eigenvalue weighted by Gasteiger charge is 2.38. The molecule has 0 saturated carbocycles. The summed E-state index contributed by atoms with van der Waals surface area (Å²) in [6, 6.07) is 12.3. The lowest BCUT2D eigenvalue weighted by Gasteiger charge is -2.37. The Morgan fingerprint density at radius 2 is 1.75 bits per heavy atom. The summed E-state index contributed by atoms with van der Waals surface area (Å²) in [6.45, 7) is 1.18. The van der Waals surface area contributed by atoms with Crippen molar-refractivity contribution in [1.82, 2.24) is 15.1 Å². The van der Waals surface area contributed by atoms with Crippen molar-refractivity contribution in [2.75, 3.05) is 26.2 Å². The zero-order chi connectivity index (χ0) is 19.0. The van der Waals surface area contributed by atoms with E-state index in [4.69, 9.17) is 0 Å². The topological polar surface area (TPSA) is 69.7 Å². The van der Waals surface area contributed by atoms with Gasteiger partial charge < -0.3 is 10.2 Å². The third-order valence-electron chi connectivity index (χ3n) is 4.97. The number of hydrogen-bond acceptors (Lipinski definition) is 4. The maximum atomic E-state index is 13.6. The molecule has 6 nitrogen and oxygen atoms in total. The summed E-state index contributed by atoms with van der Waals surface area (Å²) < 4.78 is 13.6. The average Bonchev–Trinajstić information content (AvgIpc) is 2.93. The number of carbonyl (C=O) groups excluding carboxylic acids is 3. The Labute approximate surface area is 167 Å². The Balaban J connectivity index is 0.00000225. The molecule has 0 spiro atoms. The van der Waals surface area contributed by atoms with E-state index in [1.807, 2.05) is 0 Å². The quantitative estimate of drug-likeness (QED) is 0.796. The fraction of sp³-hybridized carbons (Fsp3) is 0.250. The molecular formula is C20H19ClFN3O3. The van der Waals surface area contributed by atoms with Gasteiger partial charge in [0.05, 0.1) is 17.2 Å². The number of nitrogens with zero attached hydrogens (tertiary/aromatic N) is 2. The number of benzene rings is 2. The van der Waals surface area contributed by atoms with Gasteiger partial charge in [0.1, 0.15) is 12.4 Å². The molecule has 0 radical (unpaired) electrons. The van der Waals surface area contributed by atoms with Crippen LogP contribution in [0.25, 0.3) is 0 Å². The van der Waals surface area contributed by atoms with Gasteiger partial charge >= 0.3 is 0 Å². The number of carbonyl (C=O) groups is 3. The van der Waals surface area contributed by atoms with Gasteiger partial charge in [0, 0.05) is 19.6 Å². The van der Waals surface area contributed by atoms with Crippen molar-refractivity contribution < 1.29 is 18.8 Å². The van der Waals surface area contributed by atoms with Gasteiger partial charge in [-0.25, -0.2) is 4.39 Å². The largest absolute Gasteiger partial charge is 0.332 e. The van der Waals surface area contributed by atoms with Crippen LogP contribution in [0, 0.1) is 5.82 Å². The number of imide groups is 1. The van der Waals surface area contributed by atoms with Crippen molar-refractivity contribution >= 4 is 30.1 Å². The predicted octanol–water partition coefficient (Wildman–Crippen LogP) is 2.02. The minimum atomic E-state index is -0.457. The summed E-state index contributed by atoms with van der Waals surface area (Å²) in [5.41, 5.74) is 1.31. The molecule has 1 N–H and O–H groups in total. The molecule has 1 atom stereocenters. The lowest BCUT2D eigenvalue weighted by Crippen LogP contribution is -2.52. The summed E-state index contributed by atoms with van der Waals surface area (Å²) in [4.78, 5) is 40.5. The molecule has 0 bridgehead atoms. The number of halogens is 2. The zero-order valence-corrected chi connectivity index (χ0v) is 15.7. The van der Waals surface area contributed by atoms with Crippen molar-refractivity contribution in [3.8, 4) is 0 Å². The van der Waals surface area contributed by atoms with Crippen molar-refractivity contribution in [3.63, 3.8) is 0 Å². The summed E-state index contributed by atoms with van der Waals surface area (Å²) >= 11 is 0. The van der Waals surface area contributed by atoms with E-state index in [2.05, 4.69) is 5.32 Å². The molecule has 2 aromatic carbocycles. The molecule has 1 fully saturated rings. The highest BCUT2D eigenvalue weighted by atomic mass is 35.5. The fourth-order valence-corrected chi connectivity index (χ4v) is 3.62. The first-order valence-corrected chi connectivity index (χ1v) is 8.77. The van der Waals surface area contributed by atoms with Crippen molar-refractivity contribution in [3.05, 3.63) is 71.0 Å². The van der Waals surface area contributed by atoms with Gasteiger partial charge in [0.2, 0.25) is 5.91 Å². The van der Waals surface area contributed by atoms with E-state index in [0.717, 1.165) is 4.90 Å². The van der Waals surface area contributed by atoms with Crippen LogP contribution in [0.5, 0.6) is 0 Å². The first-order valence-electron chi connectivity index (χ1n) is 8.77. The van der Waals surface area contributed by atoms with Gasteiger partial charge in [-0.15, -0.1) is 12.4 Å². The highest BCUT2D eigenvalue weighted by Crippen LogP contribution is 2.26. The van der Waals surface area contributed by atoms with Crippen molar-refractivity contribution in [2.24, 2.45) is 0 Å². The van der Waals surface area contributed by atoms with E-state index in [0.29, 0.717) is 36.3 Å². The van der Waals surface area contributed by atoms with Gasteiger partial charge in [-0.1, -0.05) is 24.3 Å². The van der Waals surface area contributed by atoms with Gasteiger partial charge in [-0.2, -0.15) is 0 Å². The SMILES string of the molecule is Cl.O=C1c2ccccc2C(=O)N1CC(=O)N1CCNCC1c1cccc(F)c1. The molecule has 0 aromatic heterocycles. The first kappa shape index (κ1) is 20.0. The third-order valence-corrected chi connectivity index (χ3v) is 4.97. The van der Waals surface area contributed by atoms with Crippen LogP contribution in [0.1, 0.15) is 32.3 Å². The number of amides is 3. The van der Waals surface area contributed by atoms with Gasteiger partial charge in [-0.05, 0) is 29.8 Å². The maximum Gasteiger partial charge on any atom is 0.262 e. The molecule has 2 aliphatic rings. The normalized spacial score (nSPS) is 18.7. The predicted molar refractivity (Wildman–Crippen MR) is 103 cm³/mol. The maximum absolute atomic E-state index is 13.6. The lowest BCUT2D eigenvalue weighted by molar-refractivity contribution is -0.134. The number of hydrogen-bond donors (Lipinski definition) is 1. The standard InChI is InChI=1S/C20H18FN3O3.ClH/c21-14-5-3-4-13(10-14)17-11-22-8-9-23(17)18(25)12-24-19(26)15-6-1-2-7-16(15)20(24)27;/h1-7,10,17,22H,8-9,11-12H2;1H. The average molecular weight is 404 g/mol. The van der Waals surface area contributed by atoms with Crippen LogP contribution in [0.15, 0.2) is 48.5 Å². The van der Waals surface area contributed by atoms with Gasteiger partial charge in [0.15, 0.2) is 0 Å². The second-order valence-electron chi connectivity index (χ2n) is 6.60. The second-order valence-corrected chi connectivity index (χ2v) is 6.60. The summed E-state index contributed by atoms with van der Waals surface area (Å²) in [7, 11) is 0. The fourth-order valence-electron chi connectivity index (χ4n) is 3.62. The van der Waals surface area contributed by atoms with Crippen LogP contribution in [0.3, 0.4) is 0 Å². The van der Waals surface area contributed by atoms with E-state index in [1.165, 1.54) is 12.1 Å². The number of fused-ring (bicyclic) bond motifs is 1. The monoisotopic (exact) mass is 403 g/mol. The van der Waals surface area contributed by atoms with Crippen LogP contribution in [0.4, 0.5) is 4.39 Å². The minimum Gasteiger partial charge on any atom is -0.332 e. The molecule has 2 aliphatic heterocycles. The molecule has 28 heavy (non-hydrogen) atoms. The van der Waals surface area contributed by atoms with E-state index in [9.17, 15) is 18.8 Å². The van der Waals surface area contributed by atoms with Crippen LogP contribution < -0.4 is 5.32 Å². The molecule has 146 valence electrons.